The van der Waals surface area contributed by atoms with Crippen molar-refractivity contribution in [2.24, 2.45) is 5.92 Å². The van der Waals surface area contributed by atoms with Crippen LogP contribution in [0.4, 0.5) is 26.3 Å². The molecule has 0 bridgehead atoms. The molecular formula is C31H27F6NO. The Kier molecular flexibility index (Phi) is 7.20. The van der Waals surface area contributed by atoms with E-state index in [2.05, 4.69) is 17.0 Å². The maximum Gasteiger partial charge on any atom is 0.430 e. The maximum atomic E-state index is 13.4. The molecule has 0 spiro atoms. The minimum absolute atomic E-state index is 0.0782. The van der Waals surface area contributed by atoms with E-state index >= 15 is 0 Å². The third-order valence-electron chi connectivity index (χ3n) is 7.70. The predicted molar refractivity (Wildman–Crippen MR) is 138 cm³/mol. The minimum atomic E-state index is -5.91. The molecule has 0 aliphatic carbocycles. The third-order valence-corrected chi connectivity index (χ3v) is 7.70. The van der Waals surface area contributed by atoms with Crippen molar-refractivity contribution in [3.8, 4) is 0 Å². The van der Waals surface area contributed by atoms with Crippen LogP contribution in [-0.2, 0) is 18.6 Å². The summed E-state index contributed by atoms with van der Waals surface area (Å²) in [5, 5.41) is 12.0. The van der Waals surface area contributed by atoms with Crippen LogP contribution < -0.4 is 0 Å². The highest BCUT2D eigenvalue weighted by atomic mass is 19.4. The number of fused-ring (bicyclic) bond motifs is 1. The molecular weight excluding hydrogens is 516 g/mol. The summed E-state index contributed by atoms with van der Waals surface area (Å²) in [6.45, 7) is 2.01. The van der Waals surface area contributed by atoms with E-state index in [0.29, 0.717) is 25.1 Å². The van der Waals surface area contributed by atoms with Crippen LogP contribution in [0.25, 0.3) is 10.8 Å². The Morgan fingerprint density at radius 1 is 0.692 bits per heavy atom. The number of likely N-dealkylation sites (tertiary alicyclic amines) is 1. The molecule has 0 aromatic heterocycles. The molecule has 5 rings (SSSR count). The molecule has 39 heavy (non-hydrogen) atoms. The van der Waals surface area contributed by atoms with Gasteiger partial charge in [-0.2, -0.15) is 26.3 Å². The second-order valence-electron chi connectivity index (χ2n) is 10.2. The van der Waals surface area contributed by atoms with Gasteiger partial charge in [-0.05, 0) is 39.8 Å². The van der Waals surface area contributed by atoms with Gasteiger partial charge in [0.2, 0.25) is 0 Å². The van der Waals surface area contributed by atoms with Crippen LogP contribution in [0, 0.1) is 5.92 Å². The molecule has 0 unspecified atom stereocenters. The summed E-state index contributed by atoms with van der Waals surface area (Å²) < 4.78 is 80.4. The Bertz CT molecular complexity index is 1400. The first-order valence-corrected chi connectivity index (χ1v) is 12.7. The first-order chi connectivity index (χ1) is 18.5. The molecule has 1 saturated heterocycles. The highest BCUT2D eigenvalue weighted by Gasteiger charge is 2.71. The van der Waals surface area contributed by atoms with Crippen molar-refractivity contribution in [3.05, 3.63) is 119 Å². The van der Waals surface area contributed by atoms with Gasteiger partial charge < -0.3 is 5.11 Å². The van der Waals surface area contributed by atoms with Crippen LogP contribution in [0.5, 0.6) is 0 Å². The number of aliphatic hydroxyl groups is 1. The van der Waals surface area contributed by atoms with E-state index in [1.165, 1.54) is 12.1 Å². The van der Waals surface area contributed by atoms with Gasteiger partial charge in [-0.3, -0.25) is 4.90 Å². The van der Waals surface area contributed by atoms with E-state index in [-0.39, 0.29) is 11.8 Å². The first kappa shape index (κ1) is 27.2. The Hall–Kier alpha value is -3.36. The van der Waals surface area contributed by atoms with Crippen molar-refractivity contribution in [2.45, 2.75) is 36.8 Å². The number of nitrogens with zero attached hydrogens (tertiary/aromatic N) is 1. The van der Waals surface area contributed by atoms with Gasteiger partial charge in [-0.25, -0.2) is 0 Å². The molecule has 1 aliphatic heterocycles. The Morgan fingerprint density at radius 3 is 1.97 bits per heavy atom. The fourth-order valence-electron chi connectivity index (χ4n) is 5.73. The Labute approximate surface area is 222 Å². The van der Waals surface area contributed by atoms with Gasteiger partial charge in [-0.1, -0.05) is 97.1 Å². The maximum absolute atomic E-state index is 13.4. The zero-order valence-electron chi connectivity index (χ0n) is 20.9. The van der Waals surface area contributed by atoms with E-state index in [4.69, 9.17) is 0 Å². The summed E-state index contributed by atoms with van der Waals surface area (Å²) >= 11 is 0. The van der Waals surface area contributed by atoms with Crippen LogP contribution in [0.1, 0.15) is 28.2 Å². The zero-order valence-corrected chi connectivity index (χ0v) is 20.9. The van der Waals surface area contributed by atoms with E-state index in [0.717, 1.165) is 40.6 Å². The second kappa shape index (κ2) is 10.3. The lowest BCUT2D eigenvalue weighted by Gasteiger charge is -2.33. The van der Waals surface area contributed by atoms with E-state index in [1.54, 1.807) is 0 Å². The van der Waals surface area contributed by atoms with Crippen molar-refractivity contribution in [3.63, 3.8) is 0 Å². The summed E-state index contributed by atoms with van der Waals surface area (Å²) in [5.41, 5.74) is -3.26. The second-order valence-corrected chi connectivity index (χ2v) is 10.2. The normalized spacial score (nSPS) is 19.1. The summed E-state index contributed by atoms with van der Waals surface area (Å²) in [5.74, 6) is -0.0407. The van der Waals surface area contributed by atoms with Crippen LogP contribution in [-0.4, -0.2) is 35.4 Å². The molecule has 1 N–H and O–H groups in total. The average molecular weight is 544 g/mol. The molecule has 1 heterocycles. The summed E-state index contributed by atoms with van der Waals surface area (Å²) in [7, 11) is 0. The number of hydrogen-bond donors (Lipinski definition) is 1. The van der Waals surface area contributed by atoms with Crippen LogP contribution >= 0.6 is 0 Å². The highest BCUT2D eigenvalue weighted by Crippen LogP contribution is 2.50. The molecule has 204 valence electrons. The van der Waals surface area contributed by atoms with E-state index in [9.17, 15) is 31.4 Å². The SMILES string of the molecule is OC(c1ccc([C@@H]2CN(Cc3ccccc3)C[C@H]2Cc2cccc3ccccc23)cc1)(C(F)(F)F)C(F)(F)F. The molecule has 2 nitrogen and oxygen atoms in total. The quantitative estimate of drug-likeness (QED) is 0.253. The van der Waals surface area contributed by atoms with Crippen molar-refractivity contribution in [1.82, 2.24) is 4.90 Å². The lowest BCUT2D eigenvalue weighted by molar-refractivity contribution is -0.376. The standard InChI is InChI=1S/C31H27F6NO/c32-30(33,34)29(39,31(35,36)37)26-15-13-23(14-16-26)28-20-38(18-21-7-2-1-3-8-21)19-25(28)17-24-11-6-10-22-9-4-5-12-27(22)24/h1-16,25,28,39H,17-20H2/t25-,28+/m1/s1. The number of rotatable bonds is 6. The van der Waals surface area contributed by atoms with Crippen molar-refractivity contribution in [2.75, 3.05) is 13.1 Å². The number of alkyl halides is 6. The van der Waals surface area contributed by atoms with Gasteiger partial charge in [0.15, 0.2) is 0 Å². The van der Waals surface area contributed by atoms with E-state index < -0.39 is 23.5 Å². The monoisotopic (exact) mass is 543 g/mol. The molecule has 0 amide bonds. The lowest BCUT2D eigenvalue weighted by Crippen LogP contribution is -2.53. The first-order valence-electron chi connectivity index (χ1n) is 12.7. The third kappa shape index (κ3) is 5.28. The molecule has 0 radical (unpaired) electrons. The minimum Gasteiger partial charge on any atom is -0.369 e. The van der Waals surface area contributed by atoms with Crippen LogP contribution in [0.2, 0.25) is 0 Å². The zero-order chi connectivity index (χ0) is 27.8. The molecule has 0 saturated carbocycles. The fourth-order valence-corrected chi connectivity index (χ4v) is 5.73. The van der Waals surface area contributed by atoms with Crippen molar-refractivity contribution < 1.29 is 31.4 Å². The van der Waals surface area contributed by atoms with Crippen molar-refractivity contribution >= 4 is 10.8 Å². The van der Waals surface area contributed by atoms with Crippen LogP contribution in [0.15, 0.2) is 97.1 Å². The Balaban J connectivity index is 1.47. The Morgan fingerprint density at radius 2 is 1.31 bits per heavy atom. The van der Waals surface area contributed by atoms with E-state index in [1.807, 2.05) is 60.7 Å². The fraction of sp³-hybridized carbons (Fsp3) is 0.290. The summed E-state index contributed by atoms with van der Waals surface area (Å²) in [4.78, 5) is 2.27. The largest absolute Gasteiger partial charge is 0.430 e. The number of halogens is 6. The molecule has 4 aromatic carbocycles. The number of benzene rings is 4. The molecule has 4 aromatic rings. The summed E-state index contributed by atoms with van der Waals surface area (Å²) in [6, 6.07) is 28.1. The predicted octanol–water partition coefficient (Wildman–Crippen LogP) is 7.61. The average Bonchev–Trinajstić information content (AvgIpc) is 3.29. The van der Waals surface area contributed by atoms with Gasteiger partial charge in [0, 0.05) is 31.1 Å². The smallest absolute Gasteiger partial charge is 0.369 e. The number of hydrogen-bond acceptors (Lipinski definition) is 2. The molecule has 1 fully saturated rings. The highest BCUT2D eigenvalue weighted by molar-refractivity contribution is 5.85. The van der Waals surface area contributed by atoms with Gasteiger partial charge in [-0.15, -0.1) is 0 Å². The topological polar surface area (TPSA) is 23.5 Å². The molecule has 2 atom stereocenters. The van der Waals surface area contributed by atoms with Gasteiger partial charge in [0.25, 0.3) is 5.60 Å². The molecule has 8 heteroatoms. The van der Waals surface area contributed by atoms with Gasteiger partial charge >= 0.3 is 12.4 Å². The van der Waals surface area contributed by atoms with Gasteiger partial charge in [0.1, 0.15) is 0 Å². The van der Waals surface area contributed by atoms with Crippen LogP contribution in [0.3, 0.4) is 0 Å². The lowest BCUT2D eigenvalue weighted by atomic mass is 9.82. The van der Waals surface area contributed by atoms with Crippen molar-refractivity contribution in [1.29, 1.82) is 0 Å². The van der Waals surface area contributed by atoms with Gasteiger partial charge in [0.05, 0.1) is 0 Å². The summed E-state index contributed by atoms with van der Waals surface area (Å²) in [6.07, 6.45) is -11.1. The molecule has 1 aliphatic rings.